The molecule has 2 N–H and O–H groups in total. The monoisotopic (exact) mass is 301 g/mol. The zero-order valence-corrected chi connectivity index (χ0v) is 13.2. The zero-order chi connectivity index (χ0) is 15.8. The van der Waals surface area contributed by atoms with Crippen LogP contribution in [0.2, 0.25) is 0 Å². The molecule has 2 aromatic rings. The van der Waals surface area contributed by atoms with Crippen LogP contribution in [0.25, 0.3) is 0 Å². The first-order valence-electron chi connectivity index (χ1n) is 7.66. The Kier molecular flexibility index (Phi) is 6.01. The van der Waals surface area contributed by atoms with Gasteiger partial charge in [-0.25, -0.2) is 4.98 Å². The van der Waals surface area contributed by atoms with Crippen molar-refractivity contribution >= 4 is 5.91 Å². The topological polar surface area (TPSA) is 67.0 Å². The molecular weight excluding hydrogens is 278 g/mol. The van der Waals surface area contributed by atoms with Gasteiger partial charge in [-0.1, -0.05) is 12.1 Å². The second-order valence-corrected chi connectivity index (χ2v) is 5.20. The number of nitrogens with zero attached hydrogens (tertiary/aromatic N) is 1. The van der Waals surface area contributed by atoms with Gasteiger partial charge in [0.2, 0.25) is 5.91 Å². The van der Waals surface area contributed by atoms with Gasteiger partial charge in [0.15, 0.2) is 0 Å². The van der Waals surface area contributed by atoms with Gasteiger partial charge >= 0.3 is 0 Å². The molecule has 0 aliphatic rings. The summed E-state index contributed by atoms with van der Waals surface area (Å²) in [7, 11) is 0. The molecule has 118 valence electrons. The average Bonchev–Trinajstić information content (AvgIpc) is 3.01. The highest BCUT2D eigenvalue weighted by atomic mass is 16.5. The summed E-state index contributed by atoms with van der Waals surface area (Å²) in [5, 5.41) is 2.86. The van der Waals surface area contributed by atoms with Crippen molar-refractivity contribution < 1.29 is 9.53 Å². The standard InChI is InChI=1S/C17H23N3O2/c1-3-22-15-8-7-14(11-13(15)2)5-4-6-17(21)20-12-16-18-9-10-19-16/h7-11H,3-6,12H2,1-2H3,(H,18,19)(H,20,21). The first-order valence-corrected chi connectivity index (χ1v) is 7.66. The smallest absolute Gasteiger partial charge is 0.220 e. The summed E-state index contributed by atoms with van der Waals surface area (Å²) in [6, 6.07) is 6.20. The van der Waals surface area contributed by atoms with E-state index in [-0.39, 0.29) is 5.91 Å². The van der Waals surface area contributed by atoms with Gasteiger partial charge < -0.3 is 15.0 Å². The van der Waals surface area contributed by atoms with Crippen LogP contribution >= 0.6 is 0 Å². The summed E-state index contributed by atoms with van der Waals surface area (Å²) < 4.78 is 5.53. The van der Waals surface area contributed by atoms with Gasteiger partial charge in [0.25, 0.3) is 0 Å². The maximum atomic E-state index is 11.8. The van der Waals surface area contributed by atoms with Gasteiger partial charge in [0, 0.05) is 18.8 Å². The quantitative estimate of drug-likeness (QED) is 0.788. The van der Waals surface area contributed by atoms with Crippen LogP contribution in [0.15, 0.2) is 30.6 Å². The molecular formula is C17H23N3O2. The molecule has 22 heavy (non-hydrogen) atoms. The van der Waals surface area contributed by atoms with Gasteiger partial charge in [-0.15, -0.1) is 0 Å². The number of hydrogen-bond acceptors (Lipinski definition) is 3. The SMILES string of the molecule is CCOc1ccc(CCCC(=O)NCc2ncc[nH]2)cc1C. The lowest BCUT2D eigenvalue weighted by Crippen LogP contribution is -2.23. The number of aryl methyl sites for hydroxylation is 2. The Balaban J connectivity index is 1.71. The number of imidazole rings is 1. The van der Waals surface area contributed by atoms with E-state index in [4.69, 9.17) is 4.74 Å². The number of benzene rings is 1. The van der Waals surface area contributed by atoms with Gasteiger partial charge in [0.1, 0.15) is 11.6 Å². The average molecular weight is 301 g/mol. The third-order valence-corrected chi connectivity index (χ3v) is 3.42. The molecule has 0 fully saturated rings. The molecule has 1 heterocycles. The Bertz CT molecular complexity index is 594. The number of aromatic amines is 1. The summed E-state index contributed by atoms with van der Waals surface area (Å²) in [6.07, 6.45) is 5.66. The number of carbonyl (C=O) groups excluding carboxylic acids is 1. The summed E-state index contributed by atoms with van der Waals surface area (Å²) in [5.41, 5.74) is 2.38. The van der Waals surface area contributed by atoms with E-state index in [1.165, 1.54) is 5.56 Å². The highest BCUT2D eigenvalue weighted by molar-refractivity contribution is 5.75. The highest BCUT2D eigenvalue weighted by Crippen LogP contribution is 2.20. The molecule has 5 nitrogen and oxygen atoms in total. The predicted molar refractivity (Wildman–Crippen MR) is 85.7 cm³/mol. The zero-order valence-electron chi connectivity index (χ0n) is 13.2. The fraction of sp³-hybridized carbons (Fsp3) is 0.412. The summed E-state index contributed by atoms with van der Waals surface area (Å²) >= 11 is 0. The molecule has 2 rings (SSSR count). The molecule has 0 aliphatic carbocycles. The Labute approximate surface area is 131 Å². The minimum Gasteiger partial charge on any atom is -0.494 e. The van der Waals surface area contributed by atoms with Crippen LogP contribution in [-0.4, -0.2) is 22.5 Å². The number of amides is 1. The van der Waals surface area contributed by atoms with Crippen molar-refractivity contribution in [1.29, 1.82) is 0 Å². The maximum absolute atomic E-state index is 11.8. The number of ether oxygens (including phenoxy) is 1. The minimum atomic E-state index is 0.0547. The molecule has 0 spiro atoms. The molecule has 5 heteroatoms. The van der Waals surface area contributed by atoms with Crippen LogP contribution in [0.5, 0.6) is 5.75 Å². The van der Waals surface area contributed by atoms with Gasteiger partial charge in [-0.05, 0) is 43.9 Å². The summed E-state index contributed by atoms with van der Waals surface area (Å²) in [6.45, 7) is 5.16. The number of hydrogen-bond donors (Lipinski definition) is 2. The minimum absolute atomic E-state index is 0.0547. The Hall–Kier alpha value is -2.30. The summed E-state index contributed by atoms with van der Waals surface area (Å²) in [4.78, 5) is 18.8. The third kappa shape index (κ3) is 4.91. The lowest BCUT2D eigenvalue weighted by molar-refractivity contribution is -0.121. The van der Waals surface area contributed by atoms with Gasteiger partial charge in [0.05, 0.1) is 13.2 Å². The second-order valence-electron chi connectivity index (χ2n) is 5.20. The number of H-pyrrole nitrogens is 1. The van der Waals surface area contributed by atoms with Crippen LogP contribution in [0.4, 0.5) is 0 Å². The Morgan fingerprint density at radius 3 is 2.95 bits per heavy atom. The number of nitrogens with one attached hydrogen (secondary N) is 2. The fourth-order valence-corrected chi connectivity index (χ4v) is 2.30. The largest absolute Gasteiger partial charge is 0.494 e. The van der Waals surface area contributed by atoms with E-state index in [2.05, 4.69) is 27.4 Å². The molecule has 1 amide bonds. The molecule has 0 saturated carbocycles. The van der Waals surface area contributed by atoms with E-state index < -0.39 is 0 Å². The number of aromatic nitrogens is 2. The summed E-state index contributed by atoms with van der Waals surface area (Å²) in [5.74, 6) is 1.76. The van der Waals surface area contributed by atoms with Crippen LogP contribution in [0, 0.1) is 6.92 Å². The molecule has 1 aromatic heterocycles. The van der Waals surface area contributed by atoms with Crippen LogP contribution in [-0.2, 0) is 17.8 Å². The Morgan fingerprint density at radius 2 is 2.27 bits per heavy atom. The van der Waals surface area contributed by atoms with Crippen molar-refractivity contribution in [3.8, 4) is 5.75 Å². The van der Waals surface area contributed by atoms with Crippen molar-refractivity contribution in [3.63, 3.8) is 0 Å². The predicted octanol–water partition coefficient (Wildman–Crippen LogP) is 2.76. The van der Waals surface area contributed by atoms with Crippen molar-refractivity contribution in [3.05, 3.63) is 47.5 Å². The molecule has 0 atom stereocenters. The van der Waals surface area contributed by atoms with Gasteiger partial charge in [-0.3, -0.25) is 4.79 Å². The molecule has 0 saturated heterocycles. The van der Waals surface area contributed by atoms with E-state index >= 15 is 0 Å². The first kappa shape index (κ1) is 16.1. The number of carbonyl (C=O) groups is 1. The second kappa shape index (κ2) is 8.22. The lowest BCUT2D eigenvalue weighted by Gasteiger charge is -2.09. The van der Waals surface area contributed by atoms with Crippen LogP contribution in [0.3, 0.4) is 0 Å². The third-order valence-electron chi connectivity index (χ3n) is 3.42. The Morgan fingerprint density at radius 1 is 1.41 bits per heavy atom. The molecule has 0 unspecified atom stereocenters. The molecule has 0 bridgehead atoms. The molecule has 0 radical (unpaired) electrons. The highest BCUT2D eigenvalue weighted by Gasteiger charge is 2.04. The van der Waals surface area contributed by atoms with E-state index in [1.807, 2.05) is 19.9 Å². The van der Waals surface area contributed by atoms with E-state index in [0.29, 0.717) is 19.6 Å². The molecule has 0 aliphatic heterocycles. The van der Waals surface area contributed by atoms with Crippen molar-refractivity contribution in [2.75, 3.05) is 6.61 Å². The lowest BCUT2D eigenvalue weighted by atomic mass is 10.0. The first-order chi connectivity index (χ1) is 10.7. The van der Waals surface area contributed by atoms with Crippen molar-refractivity contribution in [1.82, 2.24) is 15.3 Å². The van der Waals surface area contributed by atoms with Crippen molar-refractivity contribution in [2.45, 2.75) is 39.7 Å². The maximum Gasteiger partial charge on any atom is 0.220 e. The fourth-order valence-electron chi connectivity index (χ4n) is 2.30. The van der Waals surface area contributed by atoms with Gasteiger partial charge in [-0.2, -0.15) is 0 Å². The van der Waals surface area contributed by atoms with Crippen LogP contribution in [0.1, 0.15) is 36.7 Å². The van der Waals surface area contributed by atoms with Crippen molar-refractivity contribution in [2.24, 2.45) is 0 Å². The number of rotatable bonds is 8. The molecule has 1 aromatic carbocycles. The van der Waals surface area contributed by atoms with E-state index in [0.717, 1.165) is 30.0 Å². The van der Waals surface area contributed by atoms with Crippen LogP contribution < -0.4 is 10.1 Å². The normalized spacial score (nSPS) is 10.5. The van der Waals surface area contributed by atoms with E-state index in [1.54, 1.807) is 12.4 Å². The van der Waals surface area contributed by atoms with E-state index in [9.17, 15) is 4.79 Å².